The SMILES string of the molecule is Cc1nc(C#Cc2ccccc2)no1. The highest BCUT2D eigenvalue weighted by molar-refractivity contribution is 5.37. The van der Waals surface area contributed by atoms with Crippen molar-refractivity contribution < 1.29 is 4.52 Å². The number of hydrogen-bond donors (Lipinski definition) is 0. The molecule has 0 aliphatic rings. The van der Waals surface area contributed by atoms with E-state index in [1.807, 2.05) is 30.3 Å². The summed E-state index contributed by atoms with van der Waals surface area (Å²) >= 11 is 0. The van der Waals surface area contributed by atoms with Gasteiger partial charge in [0.15, 0.2) is 0 Å². The van der Waals surface area contributed by atoms with Crippen LogP contribution >= 0.6 is 0 Å². The molecule has 0 N–H and O–H groups in total. The first-order valence-electron chi connectivity index (χ1n) is 4.22. The zero-order chi connectivity index (χ0) is 9.80. The molecule has 0 fully saturated rings. The van der Waals surface area contributed by atoms with E-state index in [1.165, 1.54) is 0 Å². The molecule has 3 heteroatoms. The molecule has 0 bridgehead atoms. The zero-order valence-electron chi connectivity index (χ0n) is 7.69. The monoisotopic (exact) mass is 184 g/mol. The van der Waals surface area contributed by atoms with Crippen LogP contribution in [-0.2, 0) is 0 Å². The summed E-state index contributed by atoms with van der Waals surface area (Å²) in [4.78, 5) is 3.97. The average molecular weight is 184 g/mol. The summed E-state index contributed by atoms with van der Waals surface area (Å²) in [7, 11) is 0. The molecule has 0 radical (unpaired) electrons. The lowest BCUT2D eigenvalue weighted by atomic mass is 10.2. The molecule has 1 aromatic heterocycles. The molecule has 1 aromatic carbocycles. The molecular formula is C11H8N2O. The number of nitrogens with zero attached hydrogens (tertiary/aromatic N) is 2. The molecule has 1 heterocycles. The Morgan fingerprint density at radius 3 is 2.57 bits per heavy atom. The molecule has 0 aliphatic carbocycles. The molecule has 0 unspecified atom stereocenters. The predicted molar refractivity (Wildman–Crippen MR) is 51.5 cm³/mol. The Hall–Kier alpha value is -2.08. The van der Waals surface area contributed by atoms with Crippen molar-refractivity contribution in [2.75, 3.05) is 0 Å². The van der Waals surface area contributed by atoms with Crippen molar-refractivity contribution in [3.8, 4) is 11.8 Å². The Morgan fingerprint density at radius 2 is 1.93 bits per heavy atom. The topological polar surface area (TPSA) is 38.9 Å². The van der Waals surface area contributed by atoms with Gasteiger partial charge in [-0.15, -0.1) is 0 Å². The predicted octanol–water partition coefficient (Wildman–Crippen LogP) is 1.78. The largest absolute Gasteiger partial charge is 0.339 e. The summed E-state index contributed by atoms with van der Waals surface area (Å²) in [6, 6.07) is 9.68. The Morgan fingerprint density at radius 1 is 1.14 bits per heavy atom. The van der Waals surface area contributed by atoms with E-state index in [0.29, 0.717) is 11.7 Å². The van der Waals surface area contributed by atoms with Crippen LogP contribution in [0.25, 0.3) is 0 Å². The number of rotatable bonds is 0. The quantitative estimate of drug-likeness (QED) is 0.586. The molecule has 0 saturated heterocycles. The fourth-order valence-corrected chi connectivity index (χ4v) is 1.000. The second-order valence-corrected chi connectivity index (χ2v) is 2.75. The Balaban J connectivity index is 2.23. The normalized spacial score (nSPS) is 9.21. The van der Waals surface area contributed by atoms with Crippen LogP contribution in [0.15, 0.2) is 34.9 Å². The van der Waals surface area contributed by atoms with Crippen molar-refractivity contribution in [2.24, 2.45) is 0 Å². The van der Waals surface area contributed by atoms with Gasteiger partial charge in [-0.25, -0.2) is 0 Å². The lowest BCUT2D eigenvalue weighted by Crippen LogP contribution is -1.77. The van der Waals surface area contributed by atoms with Crippen LogP contribution in [0.2, 0.25) is 0 Å². The standard InChI is InChI=1S/C11H8N2O/c1-9-12-11(13-14-9)8-7-10-5-3-2-4-6-10/h2-6H,1H3. The van der Waals surface area contributed by atoms with Crippen LogP contribution in [0, 0.1) is 18.8 Å². The Labute approximate surface area is 81.8 Å². The maximum Gasteiger partial charge on any atom is 0.246 e. The van der Waals surface area contributed by atoms with Gasteiger partial charge in [-0.05, 0) is 23.2 Å². The van der Waals surface area contributed by atoms with Crippen molar-refractivity contribution in [1.82, 2.24) is 10.1 Å². The summed E-state index contributed by atoms with van der Waals surface area (Å²) in [6.07, 6.45) is 0. The summed E-state index contributed by atoms with van der Waals surface area (Å²) in [5.41, 5.74) is 0.940. The highest BCUT2D eigenvalue weighted by atomic mass is 16.5. The highest BCUT2D eigenvalue weighted by Gasteiger charge is 1.95. The fraction of sp³-hybridized carbons (Fsp3) is 0.0909. The van der Waals surface area contributed by atoms with E-state index >= 15 is 0 Å². The molecule has 0 amide bonds. The molecule has 2 aromatic rings. The first-order valence-corrected chi connectivity index (χ1v) is 4.22. The minimum Gasteiger partial charge on any atom is -0.339 e. The van der Waals surface area contributed by atoms with Crippen molar-refractivity contribution >= 4 is 0 Å². The Bertz CT molecular complexity index is 477. The van der Waals surface area contributed by atoms with Gasteiger partial charge in [-0.2, -0.15) is 4.98 Å². The van der Waals surface area contributed by atoms with Crippen molar-refractivity contribution in [3.63, 3.8) is 0 Å². The summed E-state index contributed by atoms with van der Waals surface area (Å²) in [6.45, 7) is 1.74. The smallest absolute Gasteiger partial charge is 0.246 e. The van der Waals surface area contributed by atoms with Gasteiger partial charge in [-0.1, -0.05) is 24.1 Å². The molecule has 0 saturated carbocycles. The lowest BCUT2D eigenvalue weighted by Gasteiger charge is -1.84. The van der Waals surface area contributed by atoms with Gasteiger partial charge in [0.05, 0.1) is 0 Å². The van der Waals surface area contributed by atoms with E-state index in [9.17, 15) is 0 Å². The van der Waals surface area contributed by atoms with Crippen LogP contribution in [0.4, 0.5) is 0 Å². The summed E-state index contributed by atoms with van der Waals surface area (Å²) in [5.74, 6) is 6.71. The molecule has 0 spiro atoms. The van der Waals surface area contributed by atoms with Gasteiger partial charge in [0.25, 0.3) is 0 Å². The van der Waals surface area contributed by atoms with Gasteiger partial charge >= 0.3 is 0 Å². The van der Waals surface area contributed by atoms with Crippen LogP contribution in [-0.4, -0.2) is 10.1 Å². The Kier molecular flexibility index (Phi) is 2.28. The molecule has 3 nitrogen and oxygen atoms in total. The van der Waals surface area contributed by atoms with Crippen LogP contribution in [0.3, 0.4) is 0 Å². The average Bonchev–Trinajstić information content (AvgIpc) is 2.63. The van der Waals surface area contributed by atoms with Crippen LogP contribution in [0.1, 0.15) is 17.3 Å². The maximum absolute atomic E-state index is 4.79. The third kappa shape index (κ3) is 1.99. The van der Waals surface area contributed by atoms with Crippen LogP contribution < -0.4 is 0 Å². The van der Waals surface area contributed by atoms with Gasteiger partial charge in [0.2, 0.25) is 11.7 Å². The maximum atomic E-state index is 4.79. The number of aryl methyl sites for hydroxylation is 1. The van der Waals surface area contributed by atoms with E-state index in [2.05, 4.69) is 22.0 Å². The van der Waals surface area contributed by atoms with Crippen molar-refractivity contribution in [2.45, 2.75) is 6.92 Å². The van der Waals surface area contributed by atoms with Crippen molar-refractivity contribution in [1.29, 1.82) is 0 Å². The second kappa shape index (κ2) is 3.75. The fourth-order valence-electron chi connectivity index (χ4n) is 1.000. The van der Waals surface area contributed by atoms with E-state index in [1.54, 1.807) is 6.92 Å². The number of hydrogen-bond acceptors (Lipinski definition) is 3. The zero-order valence-corrected chi connectivity index (χ0v) is 7.69. The first kappa shape index (κ1) is 8.52. The summed E-state index contributed by atoms with van der Waals surface area (Å²) in [5, 5.41) is 3.67. The minimum absolute atomic E-state index is 0.423. The number of benzene rings is 1. The van der Waals surface area contributed by atoms with E-state index in [-0.39, 0.29) is 0 Å². The van der Waals surface area contributed by atoms with Gasteiger partial charge in [0.1, 0.15) is 0 Å². The van der Waals surface area contributed by atoms with Gasteiger partial charge < -0.3 is 4.52 Å². The van der Waals surface area contributed by atoms with Gasteiger partial charge in [0, 0.05) is 12.5 Å². The molecule has 0 aliphatic heterocycles. The third-order valence-electron chi connectivity index (χ3n) is 1.62. The number of aromatic nitrogens is 2. The molecule has 68 valence electrons. The van der Waals surface area contributed by atoms with E-state index < -0.39 is 0 Å². The summed E-state index contributed by atoms with van der Waals surface area (Å²) < 4.78 is 4.79. The molecule has 2 rings (SSSR count). The van der Waals surface area contributed by atoms with E-state index in [4.69, 9.17) is 4.52 Å². The minimum atomic E-state index is 0.423. The second-order valence-electron chi connectivity index (χ2n) is 2.75. The lowest BCUT2D eigenvalue weighted by molar-refractivity contribution is 0.391. The first-order chi connectivity index (χ1) is 6.84. The van der Waals surface area contributed by atoms with E-state index in [0.717, 1.165) is 5.56 Å². The molecular weight excluding hydrogens is 176 g/mol. The molecule has 14 heavy (non-hydrogen) atoms. The third-order valence-corrected chi connectivity index (χ3v) is 1.62. The van der Waals surface area contributed by atoms with Gasteiger partial charge in [-0.3, -0.25) is 0 Å². The van der Waals surface area contributed by atoms with Crippen LogP contribution in [0.5, 0.6) is 0 Å². The highest BCUT2D eigenvalue weighted by Crippen LogP contribution is 1.96. The van der Waals surface area contributed by atoms with Crippen molar-refractivity contribution in [3.05, 3.63) is 47.6 Å². The molecule has 0 atom stereocenters.